The summed E-state index contributed by atoms with van der Waals surface area (Å²) < 4.78 is 0. The fourth-order valence-electron chi connectivity index (χ4n) is 3.96. The Hall–Kier alpha value is -1.88. The number of rotatable bonds is 2. The summed E-state index contributed by atoms with van der Waals surface area (Å²) in [4.78, 5) is 23.8. The lowest BCUT2D eigenvalue weighted by atomic mass is 9.68. The van der Waals surface area contributed by atoms with Crippen LogP contribution < -0.4 is 4.90 Å². The van der Waals surface area contributed by atoms with Gasteiger partial charge in [0.05, 0.1) is 4.92 Å². The van der Waals surface area contributed by atoms with Crippen molar-refractivity contribution in [3.8, 4) is 0 Å². The third kappa shape index (κ3) is 2.03. The number of halogens is 1. The minimum Gasteiger partial charge on any atom is -0.347 e. The number of fused-ring (bicyclic) bond motifs is 2. The maximum absolute atomic E-state index is 11.2. The van der Waals surface area contributed by atoms with Crippen LogP contribution in [0.5, 0.6) is 0 Å². The fourth-order valence-corrected chi connectivity index (χ4v) is 4.18. The van der Waals surface area contributed by atoms with Gasteiger partial charge < -0.3 is 4.90 Å². The number of carbonyl (C=O) groups is 1. The second kappa shape index (κ2) is 5.39. The van der Waals surface area contributed by atoms with Crippen LogP contribution in [-0.2, 0) is 10.2 Å². The van der Waals surface area contributed by atoms with Crippen molar-refractivity contribution in [1.29, 1.82) is 0 Å². The second-order valence-electron chi connectivity index (χ2n) is 5.97. The maximum Gasteiger partial charge on any atom is 0.288 e. The Morgan fingerprint density at radius 3 is 2.59 bits per heavy atom. The maximum atomic E-state index is 11.2. The number of allylic oxidation sites excluding steroid dienone is 2. The van der Waals surface area contributed by atoms with Crippen LogP contribution in [0.4, 0.5) is 11.4 Å². The molecule has 0 atom stereocenters. The predicted molar refractivity (Wildman–Crippen MR) is 85.4 cm³/mol. The van der Waals surface area contributed by atoms with Gasteiger partial charge in [-0.3, -0.25) is 14.9 Å². The Kier molecular flexibility index (Phi) is 3.68. The van der Waals surface area contributed by atoms with E-state index in [1.54, 1.807) is 18.2 Å². The number of hydrogen-bond donors (Lipinski definition) is 0. The third-order valence-corrected chi connectivity index (χ3v) is 5.23. The quantitative estimate of drug-likeness (QED) is 0.358. The molecule has 0 amide bonds. The lowest BCUT2D eigenvalue weighted by molar-refractivity contribution is -0.384. The van der Waals surface area contributed by atoms with E-state index in [0.717, 1.165) is 55.3 Å². The van der Waals surface area contributed by atoms with Gasteiger partial charge in [-0.05, 0) is 30.5 Å². The Morgan fingerprint density at radius 1 is 1.32 bits per heavy atom. The third-order valence-electron chi connectivity index (χ3n) is 4.92. The van der Waals surface area contributed by atoms with Crippen LogP contribution in [0.1, 0.15) is 37.7 Å². The molecule has 0 bridgehead atoms. The van der Waals surface area contributed by atoms with Gasteiger partial charge >= 0.3 is 0 Å². The highest BCUT2D eigenvalue weighted by atomic mass is 35.5. The van der Waals surface area contributed by atoms with Crippen molar-refractivity contribution in [2.45, 2.75) is 37.5 Å². The molecule has 0 unspecified atom stereocenters. The molecule has 0 N–H and O–H groups in total. The summed E-state index contributed by atoms with van der Waals surface area (Å²) in [5, 5.41) is 11.4. The van der Waals surface area contributed by atoms with E-state index in [0.29, 0.717) is 0 Å². The molecule has 1 fully saturated rings. The van der Waals surface area contributed by atoms with Crippen LogP contribution in [0.25, 0.3) is 0 Å². The monoisotopic (exact) mass is 320 g/mol. The average molecular weight is 321 g/mol. The molecule has 0 aromatic heterocycles. The van der Waals surface area contributed by atoms with Gasteiger partial charge in [0.1, 0.15) is 11.3 Å². The van der Waals surface area contributed by atoms with Crippen molar-refractivity contribution in [2.24, 2.45) is 0 Å². The zero-order chi connectivity index (χ0) is 15.9. The van der Waals surface area contributed by atoms with Gasteiger partial charge in [0.2, 0.25) is 0 Å². The molecular formula is C16H17ClN2O3. The number of benzene rings is 1. The highest BCUT2D eigenvalue weighted by Crippen LogP contribution is 2.56. The summed E-state index contributed by atoms with van der Waals surface area (Å²) in [6, 6.07) is 3.25. The van der Waals surface area contributed by atoms with Crippen molar-refractivity contribution in [3.05, 3.63) is 44.6 Å². The number of nitrogens with zero attached hydrogens (tertiary/aromatic N) is 2. The Balaban J connectivity index is 2.26. The van der Waals surface area contributed by atoms with E-state index in [2.05, 4.69) is 0 Å². The van der Waals surface area contributed by atoms with E-state index in [9.17, 15) is 14.9 Å². The van der Waals surface area contributed by atoms with Gasteiger partial charge in [0, 0.05) is 29.9 Å². The van der Waals surface area contributed by atoms with Crippen LogP contribution in [0.15, 0.2) is 23.9 Å². The number of likely N-dealkylation sites (N-methyl/N-ethyl adjacent to an activating group) is 1. The zero-order valence-electron chi connectivity index (χ0n) is 12.3. The first-order valence-electron chi connectivity index (χ1n) is 7.39. The molecule has 1 spiro atoms. The SMILES string of the molecule is CN1/C(=C/C=O)C2(CCCCC2)c2cc([N+](=O)[O-])c(Cl)cc21. The summed E-state index contributed by atoms with van der Waals surface area (Å²) in [7, 11) is 1.89. The summed E-state index contributed by atoms with van der Waals surface area (Å²) in [5.74, 6) is 0. The van der Waals surface area contributed by atoms with Gasteiger partial charge in [0.15, 0.2) is 0 Å². The van der Waals surface area contributed by atoms with Crippen LogP contribution in [-0.4, -0.2) is 18.3 Å². The van der Waals surface area contributed by atoms with Gasteiger partial charge in [-0.15, -0.1) is 0 Å². The van der Waals surface area contributed by atoms with Crippen LogP contribution in [0.2, 0.25) is 5.02 Å². The smallest absolute Gasteiger partial charge is 0.288 e. The van der Waals surface area contributed by atoms with Crippen LogP contribution >= 0.6 is 11.6 Å². The van der Waals surface area contributed by atoms with Crippen LogP contribution in [0, 0.1) is 10.1 Å². The lowest BCUT2D eigenvalue weighted by Gasteiger charge is -2.36. The van der Waals surface area contributed by atoms with Crippen molar-refractivity contribution in [1.82, 2.24) is 0 Å². The van der Waals surface area contributed by atoms with E-state index in [-0.39, 0.29) is 16.1 Å². The van der Waals surface area contributed by atoms with Crippen molar-refractivity contribution in [3.63, 3.8) is 0 Å². The van der Waals surface area contributed by atoms with Crippen LogP contribution in [0.3, 0.4) is 0 Å². The van der Waals surface area contributed by atoms with E-state index in [4.69, 9.17) is 11.6 Å². The molecule has 0 saturated heterocycles. The first-order valence-corrected chi connectivity index (χ1v) is 7.77. The average Bonchev–Trinajstić information content (AvgIpc) is 2.70. The summed E-state index contributed by atoms with van der Waals surface area (Å²) in [5.41, 5.74) is 2.36. The molecule has 1 saturated carbocycles. The topological polar surface area (TPSA) is 63.5 Å². The zero-order valence-corrected chi connectivity index (χ0v) is 13.1. The number of nitro groups is 1. The molecule has 1 aliphatic heterocycles. The number of anilines is 1. The van der Waals surface area contributed by atoms with E-state index >= 15 is 0 Å². The van der Waals surface area contributed by atoms with E-state index in [1.165, 1.54) is 0 Å². The molecule has 116 valence electrons. The molecule has 1 aromatic rings. The molecule has 6 heteroatoms. The first kappa shape index (κ1) is 15.0. The van der Waals surface area contributed by atoms with Gasteiger partial charge in [-0.25, -0.2) is 0 Å². The Morgan fingerprint density at radius 2 is 2.00 bits per heavy atom. The van der Waals surface area contributed by atoms with E-state index in [1.807, 2.05) is 11.9 Å². The van der Waals surface area contributed by atoms with Crippen molar-refractivity contribution in [2.75, 3.05) is 11.9 Å². The normalized spacial score (nSPS) is 21.2. The molecule has 22 heavy (non-hydrogen) atoms. The van der Waals surface area contributed by atoms with Crippen molar-refractivity contribution >= 4 is 29.3 Å². The lowest BCUT2D eigenvalue weighted by Crippen LogP contribution is -2.32. The van der Waals surface area contributed by atoms with Gasteiger partial charge in [-0.1, -0.05) is 30.9 Å². The molecule has 2 aliphatic rings. The number of nitro benzene ring substituents is 1. The molecule has 1 aromatic carbocycles. The molecule has 1 aliphatic carbocycles. The molecule has 0 radical (unpaired) electrons. The number of hydrogen-bond acceptors (Lipinski definition) is 4. The van der Waals surface area contributed by atoms with E-state index < -0.39 is 4.92 Å². The molecule has 1 heterocycles. The largest absolute Gasteiger partial charge is 0.347 e. The number of carbonyl (C=O) groups excluding carboxylic acids is 1. The first-order chi connectivity index (χ1) is 10.5. The summed E-state index contributed by atoms with van der Waals surface area (Å²) in [6.45, 7) is 0. The minimum atomic E-state index is -0.444. The number of aldehydes is 1. The fraction of sp³-hybridized carbons (Fsp3) is 0.438. The highest BCUT2D eigenvalue weighted by Gasteiger charge is 2.47. The minimum absolute atomic E-state index is 0.0638. The Labute approximate surface area is 133 Å². The highest BCUT2D eigenvalue weighted by molar-refractivity contribution is 6.33. The molecule has 3 rings (SSSR count). The standard InChI is InChI=1S/C16H17ClN2O3/c1-18-13-10-12(17)14(19(21)22)9-11(13)16(15(18)5-8-20)6-3-2-4-7-16/h5,8-10H,2-4,6-7H2,1H3/b15-5+. The predicted octanol–water partition coefficient (Wildman–Crippen LogP) is 3.98. The Bertz CT molecular complexity index is 678. The molecular weight excluding hydrogens is 304 g/mol. The summed E-state index contributed by atoms with van der Waals surface area (Å²) in [6.07, 6.45) is 7.46. The second-order valence-corrected chi connectivity index (χ2v) is 6.37. The molecule has 5 nitrogen and oxygen atoms in total. The van der Waals surface area contributed by atoms with Crippen molar-refractivity contribution < 1.29 is 9.72 Å². The summed E-state index contributed by atoms with van der Waals surface area (Å²) >= 11 is 6.06. The van der Waals surface area contributed by atoms with Gasteiger partial charge in [0.25, 0.3) is 5.69 Å². The van der Waals surface area contributed by atoms with Gasteiger partial charge in [-0.2, -0.15) is 0 Å².